The fourth-order valence-corrected chi connectivity index (χ4v) is 2.77. The van der Waals surface area contributed by atoms with Crippen LogP contribution in [-0.4, -0.2) is 36.3 Å². The van der Waals surface area contributed by atoms with Crippen molar-refractivity contribution in [1.29, 1.82) is 0 Å². The number of benzene rings is 1. The summed E-state index contributed by atoms with van der Waals surface area (Å²) in [6.45, 7) is 8.35. The van der Waals surface area contributed by atoms with Crippen molar-refractivity contribution in [1.82, 2.24) is 10.2 Å². The smallest absolute Gasteiger partial charge is 0.241 e. The van der Waals surface area contributed by atoms with E-state index in [0.29, 0.717) is 12.8 Å². The first-order chi connectivity index (χ1) is 10.9. The van der Waals surface area contributed by atoms with Gasteiger partial charge < -0.3 is 10.2 Å². The molecule has 1 aromatic carbocycles. The van der Waals surface area contributed by atoms with Crippen molar-refractivity contribution in [2.45, 2.75) is 51.9 Å². The Bertz CT molecular complexity index is 537. The fraction of sp³-hybridized carbons (Fsp3) is 0.579. The van der Waals surface area contributed by atoms with Crippen molar-refractivity contribution in [2.24, 2.45) is 0 Å². The molecule has 4 heteroatoms. The fourth-order valence-electron chi connectivity index (χ4n) is 2.77. The number of hydrogen-bond donors (Lipinski definition) is 1. The van der Waals surface area contributed by atoms with Crippen LogP contribution in [0.25, 0.3) is 0 Å². The maximum Gasteiger partial charge on any atom is 0.241 e. The van der Waals surface area contributed by atoms with Crippen LogP contribution in [0, 0.1) is 0 Å². The SMILES string of the molecule is CC(C)(C)c1ccc(CCC(=O)NCC(=O)N2CCCC2)cc1. The maximum absolute atomic E-state index is 11.9. The number of rotatable bonds is 5. The molecule has 23 heavy (non-hydrogen) atoms. The van der Waals surface area contributed by atoms with Crippen LogP contribution in [0.4, 0.5) is 0 Å². The Hall–Kier alpha value is -1.84. The van der Waals surface area contributed by atoms with Gasteiger partial charge in [-0.05, 0) is 35.8 Å². The molecule has 0 spiro atoms. The van der Waals surface area contributed by atoms with Crippen LogP contribution in [-0.2, 0) is 21.4 Å². The van der Waals surface area contributed by atoms with Gasteiger partial charge in [-0.15, -0.1) is 0 Å². The van der Waals surface area contributed by atoms with Crippen LogP contribution in [0.15, 0.2) is 24.3 Å². The highest BCUT2D eigenvalue weighted by atomic mass is 16.2. The average molecular weight is 316 g/mol. The lowest BCUT2D eigenvalue weighted by Crippen LogP contribution is -2.38. The largest absolute Gasteiger partial charge is 0.347 e. The van der Waals surface area contributed by atoms with Crippen LogP contribution >= 0.6 is 0 Å². The van der Waals surface area contributed by atoms with E-state index in [2.05, 4.69) is 50.4 Å². The number of carbonyl (C=O) groups excluding carboxylic acids is 2. The van der Waals surface area contributed by atoms with Crippen LogP contribution in [0.3, 0.4) is 0 Å². The van der Waals surface area contributed by atoms with E-state index in [1.165, 1.54) is 5.56 Å². The molecule has 2 rings (SSSR count). The van der Waals surface area contributed by atoms with Gasteiger partial charge in [-0.2, -0.15) is 0 Å². The highest BCUT2D eigenvalue weighted by molar-refractivity contribution is 5.84. The predicted octanol–water partition coefficient (Wildman–Crippen LogP) is 2.66. The Morgan fingerprint density at radius 2 is 1.70 bits per heavy atom. The van der Waals surface area contributed by atoms with Gasteiger partial charge in [-0.3, -0.25) is 9.59 Å². The van der Waals surface area contributed by atoms with Crippen molar-refractivity contribution in [3.05, 3.63) is 35.4 Å². The summed E-state index contributed by atoms with van der Waals surface area (Å²) in [4.78, 5) is 25.6. The van der Waals surface area contributed by atoms with Gasteiger partial charge in [0.15, 0.2) is 0 Å². The predicted molar refractivity (Wildman–Crippen MR) is 92.3 cm³/mol. The van der Waals surface area contributed by atoms with Gasteiger partial charge in [-0.25, -0.2) is 0 Å². The second-order valence-electron chi connectivity index (χ2n) is 7.31. The van der Waals surface area contributed by atoms with Crippen molar-refractivity contribution in [2.75, 3.05) is 19.6 Å². The van der Waals surface area contributed by atoms with E-state index in [0.717, 1.165) is 31.5 Å². The highest BCUT2D eigenvalue weighted by Gasteiger charge is 2.18. The van der Waals surface area contributed by atoms with Gasteiger partial charge in [0.2, 0.25) is 11.8 Å². The zero-order chi connectivity index (χ0) is 16.9. The number of amides is 2. The molecule has 1 heterocycles. The van der Waals surface area contributed by atoms with Gasteiger partial charge in [0.1, 0.15) is 0 Å². The summed E-state index contributed by atoms with van der Waals surface area (Å²) in [6, 6.07) is 8.43. The summed E-state index contributed by atoms with van der Waals surface area (Å²) in [5, 5.41) is 2.74. The van der Waals surface area contributed by atoms with Crippen LogP contribution < -0.4 is 5.32 Å². The number of aryl methyl sites for hydroxylation is 1. The topological polar surface area (TPSA) is 49.4 Å². The highest BCUT2D eigenvalue weighted by Crippen LogP contribution is 2.22. The van der Waals surface area contributed by atoms with Crippen molar-refractivity contribution < 1.29 is 9.59 Å². The molecule has 1 aliphatic rings. The van der Waals surface area contributed by atoms with E-state index in [1.54, 1.807) is 0 Å². The first kappa shape index (κ1) is 17.5. The van der Waals surface area contributed by atoms with E-state index in [4.69, 9.17) is 0 Å². The molecule has 0 unspecified atom stereocenters. The van der Waals surface area contributed by atoms with Crippen LogP contribution in [0.1, 0.15) is 51.2 Å². The van der Waals surface area contributed by atoms with Crippen molar-refractivity contribution >= 4 is 11.8 Å². The molecule has 1 saturated heterocycles. The summed E-state index contributed by atoms with van der Waals surface area (Å²) in [5.74, 6) is -0.0252. The molecule has 0 bridgehead atoms. The Morgan fingerprint density at radius 3 is 2.26 bits per heavy atom. The molecule has 1 fully saturated rings. The normalized spacial score (nSPS) is 14.8. The lowest BCUT2D eigenvalue weighted by atomic mass is 9.86. The van der Waals surface area contributed by atoms with Crippen molar-refractivity contribution in [3.8, 4) is 0 Å². The molecule has 0 radical (unpaired) electrons. The van der Waals surface area contributed by atoms with Gasteiger partial charge in [0.05, 0.1) is 6.54 Å². The van der Waals surface area contributed by atoms with Gasteiger partial charge in [0.25, 0.3) is 0 Å². The van der Waals surface area contributed by atoms with Gasteiger partial charge >= 0.3 is 0 Å². The van der Waals surface area contributed by atoms with Gasteiger partial charge in [-0.1, -0.05) is 45.0 Å². The maximum atomic E-state index is 11.9. The Labute approximate surface area is 139 Å². The van der Waals surface area contributed by atoms with E-state index in [9.17, 15) is 9.59 Å². The molecule has 0 atom stereocenters. The number of carbonyl (C=O) groups is 2. The van der Waals surface area contributed by atoms with Gasteiger partial charge in [0, 0.05) is 19.5 Å². The summed E-state index contributed by atoms with van der Waals surface area (Å²) in [6.07, 6.45) is 3.27. The minimum Gasteiger partial charge on any atom is -0.347 e. The minimum absolute atomic E-state index is 0.0328. The van der Waals surface area contributed by atoms with E-state index >= 15 is 0 Å². The number of nitrogens with one attached hydrogen (secondary N) is 1. The molecule has 0 aromatic heterocycles. The molecule has 2 amide bonds. The number of likely N-dealkylation sites (tertiary alicyclic amines) is 1. The first-order valence-corrected chi connectivity index (χ1v) is 8.50. The van der Waals surface area contributed by atoms with Crippen molar-refractivity contribution in [3.63, 3.8) is 0 Å². The zero-order valence-electron chi connectivity index (χ0n) is 14.5. The molecule has 0 saturated carbocycles. The lowest BCUT2D eigenvalue weighted by Gasteiger charge is -2.19. The molecular weight excluding hydrogens is 288 g/mol. The third kappa shape index (κ3) is 5.38. The van der Waals surface area contributed by atoms with Crippen LogP contribution in [0.5, 0.6) is 0 Å². The quantitative estimate of drug-likeness (QED) is 0.908. The third-order valence-corrected chi connectivity index (χ3v) is 4.36. The summed E-state index contributed by atoms with van der Waals surface area (Å²) in [7, 11) is 0. The summed E-state index contributed by atoms with van der Waals surface area (Å²) < 4.78 is 0. The zero-order valence-corrected chi connectivity index (χ0v) is 14.5. The van der Waals surface area contributed by atoms with E-state index < -0.39 is 0 Å². The Morgan fingerprint density at radius 1 is 1.09 bits per heavy atom. The van der Waals surface area contributed by atoms with Crippen LogP contribution in [0.2, 0.25) is 0 Å². The summed E-state index contributed by atoms with van der Waals surface area (Å²) >= 11 is 0. The molecule has 126 valence electrons. The molecular formula is C19H28N2O2. The molecule has 0 aliphatic carbocycles. The monoisotopic (exact) mass is 316 g/mol. The Kier molecular flexibility index (Phi) is 5.80. The molecule has 4 nitrogen and oxygen atoms in total. The summed E-state index contributed by atoms with van der Waals surface area (Å²) in [5.41, 5.74) is 2.59. The van der Waals surface area contributed by atoms with E-state index in [1.807, 2.05) is 4.90 Å². The molecule has 1 aliphatic heterocycles. The number of hydrogen-bond acceptors (Lipinski definition) is 2. The second kappa shape index (κ2) is 7.62. The number of nitrogens with zero attached hydrogens (tertiary/aromatic N) is 1. The molecule has 1 N–H and O–H groups in total. The Balaban J connectivity index is 1.72. The minimum atomic E-state index is -0.0579. The lowest BCUT2D eigenvalue weighted by molar-refractivity contribution is -0.132. The van der Waals surface area contributed by atoms with E-state index in [-0.39, 0.29) is 23.8 Å². The second-order valence-corrected chi connectivity index (χ2v) is 7.31. The molecule has 1 aromatic rings. The average Bonchev–Trinajstić information content (AvgIpc) is 3.04. The third-order valence-electron chi connectivity index (χ3n) is 4.36. The standard InChI is InChI=1S/C19H28N2O2/c1-19(2,3)16-9-6-15(7-10-16)8-11-17(22)20-14-18(23)21-12-4-5-13-21/h6-7,9-10H,4-5,8,11-14H2,1-3H3,(H,20,22). The first-order valence-electron chi connectivity index (χ1n) is 8.50.